The summed E-state index contributed by atoms with van der Waals surface area (Å²) in [5.41, 5.74) is 2.81. The van der Waals surface area contributed by atoms with E-state index in [4.69, 9.17) is 4.74 Å². The summed E-state index contributed by atoms with van der Waals surface area (Å²) in [6.45, 7) is 5.38. The average molecular weight is 271 g/mol. The van der Waals surface area contributed by atoms with Crippen LogP contribution in [0.25, 0.3) is 0 Å². The van der Waals surface area contributed by atoms with E-state index < -0.39 is 12.1 Å². The summed E-state index contributed by atoms with van der Waals surface area (Å²) in [4.78, 5) is 26.9. The molecule has 0 saturated carbocycles. The Morgan fingerprint density at radius 1 is 1.20 bits per heavy atom. The van der Waals surface area contributed by atoms with Crippen LogP contribution in [0, 0.1) is 13.8 Å². The van der Waals surface area contributed by atoms with Gasteiger partial charge >= 0.3 is 5.97 Å². The summed E-state index contributed by atoms with van der Waals surface area (Å²) in [5, 5.41) is 0. The minimum absolute atomic E-state index is 0.189. The summed E-state index contributed by atoms with van der Waals surface area (Å²) in [5.74, 6) is -0.715. The van der Waals surface area contributed by atoms with Crippen LogP contribution < -0.4 is 0 Å². The van der Waals surface area contributed by atoms with Crippen LogP contribution in [-0.2, 0) is 4.74 Å². The molecule has 1 N–H and O–H groups in total. The van der Waals surface area contributed by atoms with Crippen LogP contribution in [0.5, 0.6) is 0 Å². The summed E-state index contributed by atoms with van der Waals surface area (Å²) in [7, 11) is 0. The van der Waals surface area contributed by atoms with Gasteiger partial charge in [0.2, 0.25) is 5.78 Å². The molecule has 0 amide bonds. The van der Waals surface area contributed by atoms with Gasteiger partial charge in [-0.15, -0.1) is 0 Å². The van der Waals surface area contributed by atoms with Gasteiger partial charge in [0.25, 0.3) is 0 Å². The van der Waals surface area contributed by atoms with Crippen LogP contribution in [0.15, 0.2) is 36.5 Å². The van der Waals surface area contributed by atoms with E-state index >= 15 is 0 Å². The maximum absolute atomic E-state index is 12.3. The lowest BCUT2D eigenvalue weighted by Gasteiger charge is -2.13. The van der Waals surface area contributed by atoms with Gasteiger partial charge in [-0.3, -0.25) is 4.79 Å². The topological polar surface area (TPSA) is 59.2 Å². The Kier molecular flexibility index (Phi) is 4.03. The Morgan fingerprint density at radius 2 is 1.95 bits per heavy atom. The number of ether oxygens (including phenoxy) is 1. The van der Waals surface area contributed by atoms with E-state index in [-0.39, 0.29) is 5.78 Å². The summed E-state index contributed by atoms with van der Waals surface area (Å²) >= 11 is 0. The van der Waals surface area contributed by atoms with Crippen LogP contribution in [0.1, 0.15) is 38.9 Å². The number of aryl methyl sites for hydroxylation is 2. The molecule has 0 saturated heterocycles. The zero-order valence-corrected chi connectivity index (χ0v) is 11.8. The van der Waals surface area contributed by atoms with E-state index in [1.165, 1.54) is 0 Å². The van der Waals surface area contributed by atoms with Gasteiger partial charge in [0.1, 0.15) is 5.69 Å². The fraction of sp³-hybridized carbons (Fsp3) is 0.250. The highest BCUT2D eigenvalue weighted by atomic mass is 16.5. The van der Waals surface area contributed by atoms with E-state index in [0.29, 0.717) is 11.3 Å². The predicted molar refractivity (Wildman–Crippen MR) is 75.9 cm³/mol. The third kappa shape index (κ3) is 2.96. The molecule has 2 rings (SSSR count). The van der Waals surface area contributed by atoms with Crippen molar-refractivity contribution in [3.63, 3.8) is 0 Å². The minimum atomic E-state index is -0.814. The summed E-state index contributed by atoms with van der Waals surface area (Å²) < 4.78 is 5.19. The number of esters is 1. The number of Topliss-reactive ketones (excluding diaryl/α,β-unsaturated/α-hetero) is 1. The van der Waals surface area contributed by atoms with Gasteiger partial charge in [0.05, 0.1) is 0 Å². The van der Waals surface area contributed by atoms with Crippen molar-refractivity contribution in [1.82, 2.24) is 4.98 Å². The van der Waals surface area contributed by atoms with E-state index in [1.807, 2.05) is 32.0 Å². The number of hydrogen-bond acceptors (Lipinski definition) is 3. The predicted octanol–water partition coefficient (Wildman–Crippen LogP) is 3.06. The van der Waals surface area contributed by atoms with Gasteiger partial charge in [-0.05, 0) is 44.5 Å². The van der Waals surface area contributed by atoms with E-state index in [9.17, 15) is 9.59 Å². The molecule has 0 aliphatic rings. The van der Waals surface area contributed by atoms with Gasteiger partial charge in [-0.1, -0.05) is 17.7 Å². The first kappa shape index (κ1) is 14.1. The molecule has 0 bridgehead atoms. The standard InChI is InChI=1S/C16H17NO3/c1-10-6-7-11(2)13(9-10)15(18)12(3)20-16(19)14-5-4-8-17-14/h4-9,12,17H,1-3H3/t12-/m0/s1. The Hall–Kier alpha value is -2.36. The third-order valence-corrected chi connectivity index (χ3v) is 3.13. The molecule has 2 aromatic rings. The monoisotopic (exact) mass is 271 g/mol. The second-order valence-corrected chi connectivity index (χ2v) is 4.81. The highest BCUT2D eigenvalue weighted by Gasteiger charge is 2.22. The van der Waals surface area contributed by atoms with Crippen molar-refractivity contribution in [2.24, 2.45) is 0 Å². The maximum atomic E-state index is 12.3. The first-order valence-corrected chi connectivity index (χ1v) is 6.45. The van der Waals surface area contributed by atoms with Gasteiger partial charge in [-0.25, -0.2) is 4.79 Å². The highest BCUT2D eigenvalue weighted by Crippen LogP contribution is 2.15. The van der Waals surface area contributed by atoms with Crippen molar-refractivity contribution < 1.29 is 14.3 Å². The molecular weight excluding hydrogens is 254 g/mol. The van der Waals surface area contributed by atoms with Gasteiger partial charge in [0.15, 0.2) is 6.10 Å². The molecule has 0 fully saturated rings. The van der Waals surface area contributed by atoms with Crippen molar-refractivity contribution in [1.29, 1.82) is 0 Å². The Morgan fingerprint density at radius 3 is 2.60 bits per heavy atom. The van der Waals surface area contributed by atoms with E-state index in [1.54, 1.807) is 25.3 Å². The molecule has 0 radical (unpaired) electrons. The number of rotatable bonds is 4. The number of ketones is 1. The van der Waals surface area contributed by atoms with Crippen LogP contribution in [0.2, 0.25) is 0 Å². The Bertz CT molecular complexity index is 629. The number of aromatic nitrogens is 1. The second kappa shape index (κ2) is 5.74. The molecule has 20 heavy (non-hydrogen) atoms. The van der Waals surface area contributed by atoms with Crippen molar-refractivity contribution in [3.8, 4) is 0 Å². The molecule has 0 aliphatic heterocycles. The quantitative estimate of drug-likeness (QED) is 0.686. The number of carbonyl (C=O) groups excluding carboxylic acids is 2. The molecule has 0 aliphatic carbocycles. The van der Waals surface area contributed by atoms with E-state index in [0.717, 1.165) is 11.1 Å². The molecule has 4 heteroatoms. The minimum Gasteiger partial charge on any atom is -0.450 e. The summed E-state index contributed by atoms with van der Waals surface area (Å²) in [6.07, 6.45) is 0.819. The average Bonchev–Trinajstić information content (AvgIpc) is 2.94. The maximum Gasteiger partial charge on any atom is 0.355 e. The lowest BCUT2D eigenvalue weighted by molar-refractivity contribution is 0.0313. The molecule has 104 valence electrons. The van der Waals surface area contributed by atoms with Crippen molar-refractivity contribution in [2.75, 3.05) is 0 Å². The Balaban J connectivity index is 2.13. The number of hydrogen-bond donors (Lipinski definition) is 1. The molecule has 1 heterocycles. The molecule has 1 aromatic heterocycles. The first-order valence-electron chi connectivity index (χ1n) is 6.45. The molecule has 1 atom stereocenters. The number of nitrogens with one attached hydrogen (secondary N) is 1. The van der Waals surface area contributed by atoms with Crippen molar-refractivity contribution in [2.45, 2.75) is 26.9 Å². The van der Waals surface area contributed by atoms with Gasteiger partial charge in [0, 0.05) is 11.8 Å². The van der Waals surface area contributed by atoms with Crippen molar-refractivity contribution >= 4 is 11.8 Å². The number of carbonyl (C=O) groups is 2. The molecule has 0 unspecified atom stereocenters. The SMILES string of the molecule is Cc1ccc(C)c(C(=O)[C@H](C)OC(=O)c2ccc[nH]2)c1. The van der Waals surface area contributed by atoms with Crippen molar-refractivity contribution in [3.05, 3.63) is 58.9 Å². The first-order chi connectivity index (χ1) is 9.49. The van der Waals surface area contributed by atoms with Crippen LogP contribution in [0.4, 0.5) is 0 Å². The number of benzene rings is 1. The Labute approximate surface area is 117 Å². The fourth-order valence-corrected chi connectivity index (χ4v) is 1.96. The normalized spacial score (nSPS) is 11.9. The zero-order chi connectivity index (χ0) is 14.7. The smallest absolute Gasteiger partial charge is 0.355 e. The molecule has 0 spiro atoms. The molecular formula is C16H17NO3. The molecule has 4 nitrogen and oxygen atoms in total. The third-order valence-electron chi connectivity index (χ3n) is 3.13. The summed E-state index contributed by atoms with van der Waals surface area (Å²) in [6, 6.07) is 8.96. The van der Waals surface area contributed by atoms with Crippen LogP contribution in [-0.4, -0.2) is 22.8 Å². The second-order valence-electron chi connectivity index (χ2n) is 4.81. The molecule has 1 aromatic carbocycles. The zero-order valence-electron chi connectivity index (χ0n) is 11.8. The number of aromatic amines is 1. The number of H-pyrrole nitrogens is 1. The lowest BCUT2D eigenvalue weighted by Crippen LogP contribution is -2.25. The van der Waals surface area contributed by atoms with Gasteiger partial charge in [-0.2, -0.15) is 0 Å². The van der Waals surface area contributed by atoms with E-state index in [2.05, 4.69) is 4.98 Å². The fourth-order valence-electron chi connectivity index (χ4n) is 1.96. The lowest BCUT2D eigenvalue weighted by atomic mass is 9.99. The van der Waals surface area contributed by atoms with Gasteiger partial charge < -0.3 is 9.72 Å². The highest BCUT2D eigenvalue weighted by molar-refractivity contribution is 6.02. The largest absolute Gasteiger partial charge is 0.450 e. The van der Waals surface area contributed by atoms with Crippen LogP contribution >= 0.6 is 0 Å². The van der Waals surface area contributed by atoms with Crippen LogP contribution in [0.3, 0.4) is 0 Å².